The molecule has 0 radical (unpaired) electrons. The highest BCUT2D eigenvalue weighted by Crippen LogP contribution is 2.04. The summed E-state index contributed by atoms with van der Waals surface area (Å²) in [4.78, 5) is 21.8. The molecule has 0 aliphatic carbocycles. The highest BCUT2D eigenvalue weighted by Gasteiger charge is 2.02. The van der Waals surface area contributed by atoms with Crippen LogP contribution in [0.25, 0.3) is 0 Å². The number of aliphatic carboxylic acids is 1. The number of unbranched alkanes of at least 4 members (excludes halogenated alkanes) is 2. The van der Waals surface area contributed by atoms with Gasteiger partial charge >= 0.3 is 12.0 Å². The Morgan fingerprint density at radius 1 is 1.19 bits per heavy atom. The molecule has 0 unspecified atom stereocenters. The van der Waals surface area contributed by atoms with Crippen LogP contribution in [0.1, 0.15) is 43.4 Å². The van der Waals surface area contributed by atoms with Crippen LogP contribution in [0.4, 0.5) is 4.79 Å². The molecule has 2 amide bonds. The van der Waals surface area contributed by atoms with Gasteiger partial charge in [0.2, 0.25) is 0 Å². The Kier molecular flexibility index (Phi) is 7.93. The molecular weight excluding hydrogens is 272 g/mol. The summed E-state index contributed by atoms with van der Waals surface area (Å²) in [6.07, 6.45) is 6.03. The van der Waals surface area contributed by atoms with Crippen molar-refractivity contribution in [2.24, 2.45) is 0 Å². The number of aryl methyl sites for hydroxylation is 2. The number of hydrogen-bond acceptors (Lipinski definition) is 3. The highest BCUT2D eigenvalue weighted by atomic mass is 16.4. The number of rotatable bonds is 10. The van der Waals surface area contributed by atoms with Crippen molar-refractivity contribution in [2.45, 2.75) is 45.4 Å². The number of nitrogens with one attached hydrogen (secondary N) is 3. The minimum atomic E-state index is -0.770. The predicted octanol–water partition coefficient (Wildman–Crippen LogP) is 1.59. The van der Waals surface area contributed by atoms with Crippen LogP contribution in [0.3, 0.4) is 0 Å². The first-order valence-corrected chi connectivity index (χ1v) is 7.32. The SMILES string of the molecule is Cc1[nH]ncc1CCCNC(=O)NCCCCCC(=O)O. The number of aromatic amines is 1. The second-order valence-corrected chi connectivity index (χ2v) is 5.01. The van der Waals surface area contributed by atoms with Gasteiger partial charge in [0.25, 0.3) is 0 Å². The van der Waals surface area contributed by atoms with Gasteiger partial charge in [-0.25, -0.2) is 4.79 Å². The van der Waals surface area contributed by atoms with E-state index in [1.807, 2.05) is 13.1 Å². The Morgan fingerprint density at radius 3 is 2.52 bits per heavy atom. The van der Waals surface area contributed by atoms with Crippen LogP contribution in [0.2, 0.25) is 0 Å². The van der Waals surface area contributed by atoms with E-state index in [9.17, 15) is 9.59 Å². The Balaban J connectivity index is 1.94. The molecule has 0 aliphatic heterocycles. The lowest BCUT2D eigenvalue weighted by atomic mass is 10.1. The number of H-pyrrole nitrogens is 1. The maximum Gasteiger partial charge on any atom is 0.314 e. The number of aromatic nitrogens is 2. The van der Waals surface area contributed by atoms with E-state index >= 15 is 0 Å². The highest BCUT2D eigenvalue weighted by molar-refractivity contribution is 5.73. The average molecular weight is 296 g/mol. The van der Waals surface area contributed by atoms with Gasteiger partial charge in [0.05, 0.1) is 6.20 Å². The Hall–Kier alpha value is -2.05. The first-order valence-electron chi connectivity index (χ1n) is 7.32. The smallest absolute Gasteiger partial charge is 0.314 e. The van der Waals surface area contributed by atoms with Crippen molar-refractivity contribution in [3.63, 3.8) is 0 Å². The molecule has 4 N–H and O–H groups in total. The van der Waals surface area contributed by atoms with Gasteiger partial charge in [-0.05, 0) is 38.2 Å². The maximum atomic E-state index is 11.5. The third-order valence-electron chi connectivity index (χ3n) is 3.20. The van der Waals surface area contributed by atoms with Crippen molar-refractivity contribution in [3.05, 3.63) is 17.5 Å². The summed E-state index contributed by atoms with van der Waals surface area (Å²) in [5.41, 5.74) is 2.25. The molecule has 0 bridgehead atoms. The number of carboxylic acid groups (broad SMARTS) is 1. The van der Waals surface area contributed by atoms with Crippen LogP contribution in [-0.2, 0) is 11.2 Å². The lowest BCUT2D eigenvalue weighted by molar-refractivity contribution is -0.137. The number of hydrogen-bond donors (Lipinski definition) is 4. The van der Waals surface area contributed by atoms with Crippen LogP contribution in [0.5, 0.6) is 0 Å². The first-order chi connectivity index (χ1) is 10.1. The minimum Gasteiger partial charge on any atom is -0.481 e. The summed E-state index contributed by atoms with van der Waals surface area (Å²) >= 11 is 0. The molecule has 0 saturated heterocycles. The molecule has 7 nitrogen and oxygen atoms in total. The maximum absolute atomic E-state index is 11.5. The van der Waals surface area contributed by atoms with E-state index in [0.29, 0.717) is 19.5 Å². The van der Waals surface area contributed by atoms with Crippen molar-refractivity contribution in [1.82, 2.24) is 20.8 Å². The first kappa shape index (κ1) is 17.0. The second kappa shape index (κ2) is 9.79. The lowest BCUT2D eigenvalue weighted by Gasteiger charge is -2.07. The monoisotopic (exact) mass is 296 g/mol. The average Bonchev–Trinajstić information content (AvgIpc) is 2.84. The Morgan fingerprint density at radius 2 is 1.90 bits per heavy atom. The van der Waals surface area contributed by atoms with Gasteiger partial charge in [0.1, 0.15) is 0 Å². The van der Waals surface area contributed by atoms with Gasteiger partial charge in [-0.15, -0.1) is 0 Å². The molecule has 1 rings (SSSR count). The Bertz CT molecular complexity index is 445. The summed E-state index contributed by atoms with van der Waals surface area (Å²) in [6.45, 7) is 3.18. The normalized spacial score (nSPS) is 10.3. The zero-order chi connectivity index (χ0) is 15.5. The van der Waals surface area contributed by atoms with E-state index in [-0.39, 0.29) is 12.5 Å². The van der Waals surface area contributed by atoms with Crippen LogP contribution in [0.15, 0.2) is 6.20 Å². The molecule has 0 aromatic carbocycles. The molecule has 0 fully saturated rings. The van der Waals surface area contributed by atoms with Gasteiger partial charge in [-0.2, -0.15) is 5.10 Å². The van der Waals surface area contributed by atoms with E-state index in [4.69, 9.17) is 5.11 Å². The van der Waals surface area contributed by atoms with E-state index in [1.165, 1.54) is 5.56 Å². The number of amides is 2. The fourth-order valence-corrected chi connectivity index (χ4v) is 1.95. The van der Waals surface area contributed by atoms with Gasteiger partial charge in [-0.3, -0.25) is 9.89 Å². The van der Waals surface area contributed by atoms with Gasteiger partial charge in [0, 0.05) is 25.2 Å². The van der Waals surface area contributed by atoms with E-state index in [0.717, 1.165) is 31.4 Å². The molecule has 1 aromatic rings. The zero-order valence-electron chi connectivity index (χ0n) is 12.4. The standard InChI is InChI=1S/C14H24N4O3/c1-11-12(10-17-18-11)6-5-9-16-14(21)15-8-4-2-3-7-13(19)20/h10H,2-9H2,1H3,(H,17,18)(H,19,20)(H2,15,16,21). The predicted molar refractivity (Wildman–Crippen MR) is 79.2 cm³/mol. The van der Waals surface area contributed by atoms with E-state index in [2.05, 4.69) is 20.8 Å². The number of carbonyl (C=O) groups is 2. The number of carbonyl (C=O) groups excluding carboxylic acids is 1. The molecule has 7 heteroatoms. The number of urea groups is 1. The molecule has 1 heterocycles. The lowest BCUT2D eigenvalue weighted by Crippen LogP contribution is -2.36. The fraction of sp³-hybridized carbons (Fsp3) is 0.643. The second-order valence-electron chi connectivity index (χ2n) is 5.01. The molecule has 21 heavy (non-hydrogen) atoms. The summed E-state index contributed by atoms with van der Waals surface area (Å²) in [5, 5.41) is 20.9. The minimum absolute atomic E-state index is 0.169. The van der Waals surface area contributed by atoms with Crippen molar-refractivity contribution >= 4 is 12.0 Å². The fourth-order valence-electron chi connectivity index (χ4n) is 1.95. The van der Waals surface area contributed by atoms with Crippen LogP contribution in [-0.4, -0.2) is 40.4 Å². The van der Waals surface area contributed by atoms with Gasteiger partial charge in [-0.1, -0.05) is 6.42 Å². The quantitative estimate of drug-likeness (QED) is 0.492. The largest absolute Gasteiger partial charge is 0.481 e. The van der Waals surface area contributed by atoms with Crippen molar-refractivity contribution in [1.29, 1.82) is 0 Å². The van der Waals surface area contributed by atoms with Gasteiger partial charge in [0.15, 0.2) is 0 Å². The topological polar surface area (TPSA) is 107 Å². The molecule has 1 aromatic heterocycles. The van der Waals surface area contributed by atoms with Crippen LogP contribution in [0, 0.1) is 6.92 Å². The van der Waals surface area contributed by atoms with E-state index < -0.39 is 5.97 Å². The third kappa shape index (κ3) is 7.96. The Labute approximate surface area is 124 Å². The van der Waals surface area contributed by atoms with Crippen LogP contribution < -0.4 is 10.6 Å². The summed E-state index contributed by atoms with van der Waals surface area (Å²) in [6, 6.07) is -0.169. The molecule has 0 spiro atoms. The van der Waals surface area contributed by atoms with Gasteiger partial charge < -0.3 is 15.7 Å². The summed E-state index contributed by atoms with van der Waals surface area (Å²) in [5.74, 6) is -0.770. The molecule has 118 valence electrons. The molecular formula is C14H24N4O3. The van der Waals surface area contributed by atoms with Crippen LogP contribution >= 0.6 is 0 Å². The molecule has 0 saturated carbocycles. The summed E-state index contributed by atoms with van der Waals surface area (Å²) < 4.78 is 0. The molecule has 0 aliphatic rings. The number of carboxylic acids is 1. The van der Waals surface area contributed by atoms with Crippen molar-refractivity contribution < 1.29 is 14.7 Å². The number of nitrogens with zero attached hydrogens (tertiary/aromatic N) is 1. The van der Waals surface area contributed by atoms with Crippen molar-refractivity contribution in [3.8, 4) is 0 Å². The summed E-state index contributed by atoms with van der Waals surface area (Å²) in [7, 11) is 0. The molecule has 0 atom stereocenters. The zero-order valence-corrected chi connectivity index (χ0v) is 12.4. The third-order valence-corrected chi connectivity index (χ3v) is 3.20. The van der Waals surface area contributed by atoms with E-state index in [1.54, 1.807) is 0 Å². The van der Waals surface area contributed by atoms with Crippen molar-refractivity contribution in [2.75, 3.05) is 13.1 Å².